The number of fused-ring (bicyclic) bond motifs is 1. The van der Waals surface area contributed by atoms with Crippen LogP contribution in [0.15, 0.2) is 40.9 Å². The standard InChI is InChI=1S/C17H14BrIO2/c18-13-3-4-15(19)14(10-13)16(20)5-1-11-2-6-17-12(9-11)7-8-21-17/h2-4,6,9-10H,1,5,7-8H2. The molecule has 1 aliphatic heterocycles. The van der Waals surface area contributed by atoms with Crippen molar-refractivity contribution in [2.75, 3.05) is 6.61 Å². The van der Waals surface area contributed by atoms with E-state index in [4.69, 9.17) is 4.74 Å². The number of ketones is 1. The third kappa shape index (κ3) is 3.48. The van der Waals surface area contributed by atoms with Gasteiger partial charge in [0.05, 0.1) is 6.61 Å². The molecule has 0 bridgehead atoms. The number of carbonyl (C=O) groups excluding carboxylic acids is 1. The number of halogens is 2. The van der Waals surface area contributed by atoms with Gasteiger partial charge in [-0.3, -0.25) is 4.79 Å². The molecule has 0 amide bonds. The molecule has 0 saturated heterocycles. The van der Waals surface area contributed by atoms with Crippen LogP contribution >= 0.6 is 38.5 Å². The molecule has 0 radical (unpaired) electrons. The van der Waals surface area contributed by atoms with Gasteiger partial charge in [-0.05, 0) is 64.4 Å². The summed E-state index contributed by atoms with van der Waals surface area (Å²) in [4.78, 5) is 12.4. The van der Waals surface area contributed by atoms with E-state index >= 15 is 0 Å². The second kappa shape index (κ2) is 6.48. The number of aryl methyl sites for hydroxylation is 1. The van der Waals surface area contributed by atoms with Crippen molar-refractivity contribution in [1.82, 2.24) is 0 Å². The van der Waals surface area contributed by atoms with Crippen molar-refractivity contribution in [3.8, 4) is 5.75 Å². The predicted octanol–water partition coefficient (Wildman–Crippen LogP) is 4.80. The van der Waals surface area contributed by atoms with Crippen molar-refractivity contribution in [3.05, 3.63) is 61.1 Å². The SMILES string of the molecule is O=C(CCc1ccc2c(c1)CCO2)c1cc(Br)ccc1I. The van der Waals surface area contributed by atoms with Gasteiger partial charge >= 0.3 is 0 Å². The molecule has 3 rings (SSSR count). The molecule has 0 unspecified atom stereocenters. The van der Waals surface area contributed by atoms with Gasteiger partial charge < -0.3 is 4.74 Å². The predicted molar refractivity (Wildman–Crippen MR) is 95.2 cm³/mol. The summed E-state index contributed by atoms with van der Waals surface area (Å²) in [6.07, 6.45) is 2.28. The topological polar surface area (TPSA) is 26.3 Å². The molecule has 0 aromatic heterocycles. The fourth-order valence-electron chi connectivity index (χ4n) is 2.50. The van der Waals surface area contributed by atoms with Gasteiger partial charge in [0.1, 0.15) is 5.75 Å². The molecule has 2 aromatic carbocycles. The fraction of sp³-hybridized carbons (Fsp3) is 0.235. The Morgan fingerprint density at radius 2 is 2.10 bits per heavy atom. The highest BCUT2D eigenvalue weighted by molar-refractivity contribution is 14.1. The average Bonchev–Trinajstić information content (AvgIpc) is 2.94. The highest BCUT2D eigenvalue weighted by Crippen LogP contribution is 2.27. The van der Waals surface area contributed by atoms with Crippen molar-refractivity contribution < 1.29 is 9.53 Å². The third-order valence-electron chi connectivity index (χ3n) is 3.62. The van der Waals surface area contributed by atoms with Gasteiger partial charge in [0.2, 0.25) is 0 Å². The lowest BCUT2D eigenvalue weighted by atomic mass is 10.0. The minimum atomic E-state index is 0.192. The maximum absolute atomic E-state index is 12.4. The van der Waals surface area contributed by atoms with Crippen molar-refractivity contribution >= 4 is 44.3 Å². The van der Waals surface area contributed by atoms with E-state index in [0.717, 1.165) is 38.8 Å². The van der Waals surface area contributed by atoms with Crippen LogP contribution in [0.5, 0.6) is 5.75 Å². The fourth-order valence-corrected chi connectivity index (χ4v) is 3.50. The van der Waals surface area contributed by atoms with Crippen LogP contribution in [0.3, 0.4) is 0 Å². The first-order valence-corrected chi connectivity index (χ1v) is 8.73. The second-order valence-electron chi connectivity index (χ2n) is 5.09. The first-order chi connectivity index (χ1) is 10.1. The van der Waals surface area contributed by atoms with Crippen LogP contribution in [0.25, 0.3) is 0 Å². The van der Waals surface area contributed by atoms with E-state index in [0.29, 0.717) is 6.42 Å². The summed E-state index contributed by atoms with van der Waals surface area (Å²) in [5.74, 6) is 1.18. The van der Waals surface area contributed by atoms with E-state index in [-0.39, 0.29) is 5.78 Å². The molecule has 2 aromatic rings. The zero-order chi connectivity index (χ0) is 14.8. The summed E-state index contributed by atoms with van der Waals surface area (Å²) >= 11 is 5.64. The van der Waals surface area contributed by atoms with E-state index in [2.05, 4.69) is 50.7 Å². The molecular weight excluding hydrogens is 443 g/mol. The van der Waals surface area contributed by atoms with Crippen molar-refractivity contribution in [1.29, 1.82) is 0 Å². The van der Waals surface area contributed by atoms with Gasteiger partial charge in [0, 0.05) is 26.4 Å². The minimum absolute atomic E-state index is 0.192. The van der Waals surface area contributed by atoms with Crippen molar-refractivity contribution in [3.63, 3.8) is 0 Å². The van der Waals surface area contributed by atoms with Crippen LogP contribution in [-0.2, 0) is 12.8 Å². The second-order valence-corrected chi connectivity index (χ2v) is 7.17. The number of benzene rings is 2. The Hall–Kier alpha value is -0.880. The zero-order valence-corrected chi connectivity index (χ0v) is 15.1. The summed E-state index contributed by atoms with van der Waals surface area (Å²) in [5, 5.41) is 0. The van der Waals surface area contributed by atoms with E-state index in [9.17, 15) is 4.79 Å². The highest BCUT2D eigenvalue weighted by Gasteiger charge is 2.14. The van der Waals surface area contributed by atoms with Crippen LogP contribution in [0.4, 0.5) is 0 Å². The number of carbonyl (C=O) groups is 1. The lowest BCUT2D eigenvalue weighted by Crippen LogP contribution is -2.03. The molecule has 2 nitrogen and oxygen atoms in total. The van der Waals surface area contributed by atoms with E-state index in [1.807, 2.05) is 24.3 Å². The van der Waals surface area contributed by atoms with Gasteiger partial charge in [-0.1, -0.05) is 28.1 Å². The van der Waals surface area contributed by atoms with Crippen molar-refractivity contribution in [2.24, 2.45) is 0 Å². The number of hydrogen-bond donors (Lipinski definition) is 0. The summed E-state index contributed by atoms with van der Waals surface area (Å²) in [5.41, 5.74) is 3.27. The maximum Gasteiger partial charge on any atom is 0.164 e. The maximum atomic E-state index is 12.4. The Morgan fingerprint density at radius 1 is 1.24 bits per heavy atom. The molecule has 4 heteroatoms. The highest BCUT2D eigenvalue weighted by atomic mass is 127. The summed E-state index contributed by atoms with van der Waals surface area (Å²) < 4.78 is 7.45. The third-order valence-corrected chi connectivity index (χ3v) is 5.06. The molecule has 0 atom stereocenters. The van der Waals surface area contributed by atoms with E-state index < -0.39 is 0 Å². The molecule has 0 aliphatic carbocycles. The first-order valence-electron chi connectivity index (χ1n) is 6.86. The Morgan fingerprint density at radius 3 is 2.95 bits per heavy atom. The normalized spacial score (nSPS) is 12.9. The lowest BCUT2D eigenvalue weighted by Gasteiger charge is -2.06. The molecule has 0 fully saturated rings. The molecule has 1 aliphatic rings. The monoisotopic (exact) mass is 456 g/mol. The number of hydrogen-bond acceptors (Lipinski definition) is 2. The summed E-state index contributed by atoms with van der Waals surface area (Å²) in [6, 6.07) is 12.1. The Labute approximate surface area is 146 Å². The number of Topliss-reactive ketones (excluding diaryl/α,β-unsaturated/α-hetero) is 1. The van der Waals surface area contributed by atoms with Crippen LogP contribution in [0, 0.1) is 3.57 Å². The molecule has 108 valence electrons. The van der Waals surface area contributed by atoms with E-state index in [1.165, 1.54) is 11.1 Å². The molecule has 21 heavy (non-hydrogen) atoms. The lowest BCUT2D eigenvalue weighted by molar-refractivity contribution is 0.0982. The Bertz CT molecular complexity index is 697. The zero-order valence-electron chi connectivity index (χ0n) is 11.4. The Balaban J connectivity index is 1.70. The molecule has 0 spiro atoms. The minimum Gasteiger partial charge on any atom is -0.493 e. The molecule has 0 N–H and O–H groups in total. The summed E-state index contributed by atoms with van der Waals surface area (Å²) in [6.45, 7) is 0.772. The summed E-state index contributed by atoms with van der Waals surface area (Å²) in [7, 11) is 0. The van der Waals surface area contributed by atoms with Crippen LogP contribution < -0.4 is 4.74 Å². The van der Waals surface area contributed by atoms with Crippen LogP contribution in [0.2, 0.25) is 0 Å². The Kier molecular flexibility index (Phi) is 4.64. The number of ether oxygens (including phenoxy) is 1. The van der Waals surface area contributed by atoms with Crippen molar-refractivity contribution in [2.45, 2.75) is 19.3 Å². The molecule has 0 saturated carbocycles. The van der Waals surface area contributed by atoms with Crippen LogP contribution in [0.1, 0.15) is 27.9 Å². The average molecular weight is 457 g/mol. The van der Waals surface area contributed by atoms with E-state index in [1.54, 1.807) is 0 Å². The van der Waals surface area contributed by atoms with Crippen LogP contribution in [-0.4, -0.2) is 12.4 Å². The quantitative estimate of drug-likeness (QED) is 0.487. The van der Waals surface area contributed by atoms with Gasteiger partial charge in [-0.15, -0.1) is 0 Å². The molecular formula is C17H14BrIO2. The smallest absolute Gasteiger partial charge is 0.164 e. The van der Waals surface area contributed by atoms with Gasteiger partial charge in [0.15, 0.2) is 5.78 Å². The number of rotatable bonds is 4. The first kappa shape index (κ1) is 15.0. The van der Waals surface area contributed by atoms with Gasteiger partial charge in [-0.25, -0.2) is 0 Å². The van der Waals surface area contributed by atoms with Gasteiger partial charge in [-0.2, -0.15) is 0 Å². The van der Waals surface area contributed by atoms with Gasteiger partial charge in [0.25, 0.3) is 0 Å². The largest absolute Gasteiger partial charge is 0.493 e. The molecule has 1 heterocycles.